The SMILES string of the molecule is CCc1ccc2occ(CC(=O)N(Cc3ccccc3)Cc3ccccc3)c2c1. The Morgan fingerprint density at radius 1 is 0.828 bits per heavy atom. The molecule has 0 radical (unpaired) electrons. The van der Waals surface area contributed by atoms with Gasteiger partial charge < -0.3 is 9.32 Å². The zero-order chi connectivity index (χ0) is 20.1. The largest absolute Gasteiger partial charge is 0.464 e. The number of hydrogen-bond acceptors (Lipinski definition) is 2. The smallest absolute Gasteiger partial charge is 0.227 e. The van der Waals surface area contributed by atoms with Crippen molar-refractivity contribution in [1.82, 2.24) is 4.90 Å². The van der Waals surface area contributed by atoms with E-state index in [1.54, 1.807) is 6.26 Å². The zero-order valence-corrected chi connectivity index (χ0v) is 16.7. The lowest BCUT2D eigenvalue weighted by Crippen LogP contribution is -2.31. The second-order valence-corrected chi connectivity index (χ2v) is 7.34. The molecule has 4 rings (SSSR count). The minimum atomic E-state index is 0.0994. The second-order valence-electron chi connectivity index (χ2n) is 7.34. The first-order valence-electron chi connectivity index (χ1n) is 10.1. The lowest BCUT2D eigenvalue weighted by atomic mass is 10.0. The van der Waals surface area contributed by atoms with Gasteiger partial charge in [-0.25, -0.2) is 0 Å². The molecule has 0 unspecified atom stereocenters. The number of rotatable bonds is 7. The van der Waals surface area contributed by atoms with Gasteiger partial charge in [-0.2, -0.15) is 0 Å². The van der Waals surface area contributed by atoms with E-state index in [1.165, 1.54) is 5.56 Å². The van der Waals surface area contributed by atoms with Crippen molar-refractivity contribution in [3.63, 3.8) is 0 Å². The van der Waals surface area contributed by atoms with E-state index in [0.29, 0.717) is 19.5 Å². The summed E-state index contributed by atoms with van der Waals surface area (Å²) in [5.41, 5.74) is 5.29. The highest BCUT2D eigenvalue weighted by atomic mass is 16.3. The summed E-state index contributed by atoms with van der Waals surface area (Å²) < 4.78 is 5.69. The summed E-state index contributed by atoms with van der Waals surface area (Å²) >= 11 is 0. The maximum atomic E-state index is 13.3. The Labute approximate surface area is 171 Å². The van der Waals surface area contributed by atoms with Gasteiger partial charge in [0.05, 0.1) is 12.7 Å². The van der Waals surface area contributed by atoms with Crippen LogP contribution in [0.15, 0.2) is 89.5 Å². The molecule has 29 heavy (non-hydrogen) atoms. The van der Waals surface area contributed by atoms with E-state index in [4.69, 9.17) is 4.42 Å². The van der Waals surface area contributed by atoms with Gasteiger partial charge in [-0.15, -0.1) is 0 Å². The van der Waals surface area contributed by atoms with Crippen LogP contribution in [0.3, 0.4) is 0 Å². The highest BCUT2D eigenvalue weighted by Gasteiger charge is 2.18. The van der Waals surface area contributed by atoms with Crippen LogP contribution in [0.25, 0.3) is 11.0 Å². The monoisotopic (exact) mass is 383 g/mol. The van der Waals surface area contributed by atoms with Gasteiger partial charge in [0, 0.05) is 24.0 Å². The molecule has 0 saturated heterocycles. The average Bonchev–Trinajstić information content (AvgIpc) is 3.16. The molecule has 0 aliphatic rings. The van der Waals surface area contributed by atoms with Gasteiger partial charge in [-0.1, -0.05) is 73.7 Å². The van der Waals surface area contributed by atoms with Gasteiger partial charge in [0.2, 0.25) is 5.91 Å². The van der Waals surface area contributed by atoms with Gasteiger partial charge in [-0.3, -0.25) is 4.79 Å². The zero-order valence-electron chi connectivity index (χ0n) is 16.7. The molecule has 1 aromatic heterocycles. The normalized spacial score (nSPS) is 10.9. The fraction of sp³-hybridized carbons (Fsp3) is 0.192. The van der Waals surface area contributed by atoms with Gasteiger partial charge in [-0.05, 0) is 35.2 Å². The molecule has 146 valence electrons. The number of benzene rings is 3. The highest BCUT2D eigenvalue weighted by molar-refractivity contribution is 5.88. The summed E-state index contributed by atoms with van der Waals surface area (Å²) in [7, 11) is 0. The summed E-state index contributed by atoms with van der Waals surface area (Å²) in [6, 6.07) is 26.5. The molecule has 0 spiro atoms. The highest BCUT2D eigenvalue weighted by Crippen LogP contribution is 2.24. The Bertz CT molecular complexity index is 1040. The summed E-state index contributed by atoms with van der Waals surface area (Å²) in [4.78, 5) is 15.2. The van der Waals surface area contributed by atoms with Crippen LogP contribution < -0.4 is 0 Å². The molecule has 3 nitrogen and oxygen atoms in total. The second kappa shape index (κ2) is 8.78. The molecule has 0 bridgehead atoms. The van der Waals surface area contributed by atoms with Gasteiger partial charge in [0.15, 0.2) is 0 Å². The lowest BCUT2D eigenvalue weighted by Gasteiger charge is -2.23. The van der Waals surface area contributed by atoms with Gasteiger partial charge in [0.25, 0.3) is 0 Å². The van der Waals surface area contributed by atoms with Crippen LogP contribution in [0.2, 0.25) is 0 Å². The van der Waals surface area contributed by atoms with Crippen molar-refractivity contribution in [2.24, 2.45) is 0 Å². The van der Waals surface area contributed by atoms with Crippen molar-refractivity contribution in [3.8, 4) is 0 Å². The first-order valence-corrected chi connectivity index (χ1v) is 10.1. The number of amides is 1. The predicted octanol–water partition coefficient (Wildman–Crippen LogP) is 5.77. The maximum Gasteiger partial charge on any atom is 0.227 e. The fourth-order valence-electron chi connectivity index (χ4n) is 3.60. The third kappa shape index (κ3) is 4.57. The number of nitrogens with zero attached hydrogens (tertiary/aromatic N) is 1. The van der Waals surface area contributed by atoms with Gasteiger partial charge >= 0.3 is 0 Å². The molecule has 3 heteroatoms. The van der Waals surface area contributed by atoms with Crippen molar-refractivity contribution in [2.45, 2.75) is 32.9 Å². The molecular weight excluding hydrogens is 358 g/mol. The Hall–Kier alpha value is -3.33. The van der Waals surface area contributed by atoms with Crippen molar-refractivity contribution < 1.29 is 9.21 Å². The Kier molecular flexibility index (Phi) is 5.76. The van der Waals surface area contributed by atoms with Crippen LogP contribution >= 0.6 is 0 Å². The van der Waals surface area contributed by atoms with E-state index < -0.39 is 0 Å². The first kappa shape index (κ1) is 19.0. The first-order chi connectivity index (χ1) is 14.2. The molecule has 3 aromatic carbocycles. The molecule has 0 N–H and O–H groups in total. The van der Waals surface area contributed by atoms with Crippen LogP contribution in [0.1, 0.15) is 29.2 Å². The van der Waals surface area contributed by atoms with Crippen LogP contribution in [-0.4, -0.2) is 10.8 Å². The maximum absolute atomic E-state index is 13.3. The molecule has 0 aliphatic heterocycles. The summed E-state index contributed by atoms with van der Waals surface area (Å²) in [5, 5.41) is 1.04. The number of fused-ring (bicyclic) bond motifs is 1. The number of carbonyl (C=O) groups excluding carboxylic acids is 1. The molecule has 0 saturated carbocycles. The molecule has 0 aliphatic carbocycles. The number of carbonyl (C=O) groups is 1. The van der Waals surface area contributed by atoms with Crippen molar-refractivity contribution in [2.75, 3.05) is 0 Å². The van der Waals surface area contributed by atoms with E-state index in [1.807, 2.05) is 47.4 Å². The third-order valence-electron chi connectivity index (χ3n) is 5.25. The summed E-state index contributed by atoms with van der Waals surface area (Å²) in [6.07, 6.45) is 3.02. The van der Waals surface area contributed by atoms with Crippen molar-refractivity contribution >= 4 is 16.9 Å². The molecule has 1 amide bonds. The van der Waals surface area contributed by atoms with E-state index in [9.17, 15) is 4.79 Å². The quantitative estimate of drug-likeness (QED) is 0.406. The van der Waals surface area contributed by atoms with Crippen LogP contribution in [0, 0.1) is 0 Å². The summed E-state index contributed by atoms with van der Waals surface area (Å²) in [5.74, 6) is 0.0994. The van der Waals surface area contributed by atoms with E-state index >= 15 is 0 Å². The van der Waals surface area contributed by atoms with Crippen LogP contribution in [0.5, 0.6) is 0 Å². The van der Waals surface area contributed by atoms with E-state index in [0.717, 1.165) is 34.1 Å². The van der Waals surface area contributed by atoms with Crippen molar-refractivity contribution in [3.05, 3.63) is 107 Å². The molecule has 4 aromatic rings. The Morgan fingerprint density at radius 3 is 2.03 bits per heavy atom. The third-order valence-corrected chi connectivity index (χ3v) is 5.25. The topological polar surface area (TPSA) is 33.5 Å². The average molecular weight is 383 g/mol. The minimum Gasteiger partial charge on any atom is -0.464 e. The van der Waals surface area contributed by atoms with Crippen LogP contribution in [-0.2, 0) is 30.7 Å². The predicted molar refractivity (Wildman–Crippen MR) is 116 cm³/mol. The van der Waals surface area contributed by atoms with Crippen molar-refractivity contribution in [1.29, 1.82) is 0 Å². The van der Waals surface area contributed by atoms with Gasteiger partial charge in [0.1, 0.15) is 5.58 Å². The molecule has 0 fully saturated rings. The molecular formula is C26H25NO2. The summed E-state index contributed by atoms with van der Waals surface area (Å²) in [6.45, 7) is 3.31. The lowest BCUT2D eigenvalue weighted by molar-refractivity contribution is -0.131. The Balaban J connectivity index is 1.59. The standard InChI is InChI=1S/C26H25NO2/c1-2-20-13-14-25-24(15-20)23(19-29-25)16-26(28)27(17-21-9-5-3-6-10-21)18-22-11-7-4-8-12-22/h3-15,19H,2,16-18H2,1H3. The number of furan rings is 1. The van der Waals surface area contributed by atoms with E-state index in [-0.39, 0.29) is 5.91 Å². The molecule has 0 atom stereocenters. The van der Waals surface area contributed by atoms with Crippen LogP contribution in [0.4, 0.5) is 0 Å². The number of aryl methyl sites for hydroxylation is 1. The minimum absolute atomic E-state index is 0.0994. The Morgan fingerprint density at radius 2 is 1.45 bits per heavy atom. The fourth-order valence-corrected chi connectivity index (χ4v) is 3.60. The molecule has 1 heterocycles. The number of hydrogen-bond donors (Lipinski definition) is 0. The van der Waals surface area contributed by atoms with E-state index in [2.05, 4.69) is 43.3 Å².